The fourth-order valence-corrected chi connectivity index (χ4v) is 4.19. The van der Waals surface area contributed by atoms with Gasteiger partial charge in [0.1, 0.15) is 0 Å². The minimum absolute atomic E-state index is 0.00718. The largest absolute Gasteiger partial charge is 0.504 e. The van der Waals surface area contributed by atoms with E-state index in [2.05, 4.69) is 5.32 Å². The van der Waals surface area contributed by atoms with E-state index in [4.69, 9.17) is 9.47 Å². The number of hydrogen-bond acceptors (Lipinski definition) is 6. The van der Waals surface area contributed by atoms with Gasteiger partial charge in [0.25, 0.3) is 0 Å². The van der Waals surface area contributed by atoms with E-state index in [0.29, 0.717) is 23.5 Å². The van der Waals surface area contributed by atoms with E-state index in [-0.39, 0.29) is 28.9 Å². The summed E-state index contributed by atoms with van der Waals surface area (Å²) in [6.07, 6.45) is 3.03. The Kier molecular flexibility index (Phi) is 8.17. The molecule has 2 N–H and O–H groups in total. The lowest BCUT2D eigenvalue weighted by atomic mass is 9.95. The van der Waals surface area contributed by atoms with Crippen LogP contribution in [-0.4, -0.2) is 31.5 Å². The summed E-state index contributed by atoms with van der Waals surface area (Å²) in [6, 6.07) is 6.59. The van der Waals surface area contributed by atoms with Gasteiger partial charge >= 0.3 is 0 Å². The number of fused-ring (bicyclic) bond motifs is 3. The molecule has 0 saturated carbocycles. The lowest BCUT2D eigenvalue weighted by Crippen LogP contribution is -2.26. The average molecular weight is 432 g/mol. The predicted molar refractivity (Wildman–Crippen MR) is 121 cm³/mol. The van der Waals surface area contributed by atoms with Crippen molar-refractivity contribution in [3.05, 3.63) is 45.6 Å². The van der Waals surface area contributed by atoms with E-state index in [9.17, 15) is 14.7 Å². The Balaban J connectivity index is 0.00000155. The number of nitrogens with one attached hydrogen (secondary N) is 1. The first kappa shape index (κ1) is 23.6. The van der Waals surface area contributed by atoms with Crippen molar-refractivity contribution in [3.63, 3.8) is 0 Å². The van der Waals surface area contributed by atoms with Crippen LogP contribution in [0.1, 0.15) is 44.4 Å². The van der Waals surface area contributed by atoms with Crippen molar-refractivity contribution in [3.8, 4) is 28.4 Å². The van der Waals surface area contributed by atoms with Gasteiger partial charge < -0.3 is 19.9 Å². The molecule has 1 aliphatic carbocycles. The number of rotatable bonds is 4. The lowest BCUT2D eigenvalue weighted by Gasteiger charge is -2.18. The van der Waals surface area contributed by atoms with Crippen molar-refractivity contribution in [1.82, 2.24) is 5.32 Å². The number of hydrogen-bond donors (Lipinski definition) is 2. The van der Waals surface area contributed by atoms with Gasteiger partial charge in [0.2, 0.25) is 11.7 Å². The van der Waals surface area contributed by atoms with Crippen LogP contribution in [0.15, 0.2) is 34.0 Å². The monoisotopic (exact) mass is 431 g/mol. The van der Waals surface area contributed by atoms with Gasteiger partial charge in [0, 0.05) is 12.5 Å². The van der Waals surface area contributed by atoms with Crippen LogP contribution in [-0.2, 0) is 11.2 Å². The number of ether oxygens (including phenoxy) is 2. The molecule has 0 heterocycles. The average Bonchev–Trinajstić information content (AvgIpc) is 2.97. The van der Waals surface area contributed by atoms with E-state index in [1.54, 1.807) is 18.2 Å². The minimum atomic E-state index is -0.326. The third-order valence-corrected chi connectivity index (χ3v) is 5.67. The summed E-state index contributed by atoms with van der Waals surface area (Å²) in [7, 11) is 2.98. The number of thioether (sulfide) groups is 1. The van der Waals surface area contributed by atoms with Crippen molar-refractivity contribution in [1.29, 1.82) is 0 Å². The molecule has 0 aliphatic heterocycles. The van der Waals surface area contributed by atoms with E-state index < -0.39 is 0 Å². The topological polar surface area (TPSA) is 84.9 Å². The maximum atomic E-state index is 12.7. The van der Waals surface area contributed by atoms with Gasteiger partial charge in [-0.05, 0) is 54.0 Å². The number of amides is 1. The molecule has 2 aromatic rings. The maximum absolute atomic E-state index is 12.7. The van der Waals surface area contributed by atoms with E-state index in [1.807, 2.05) is 26.2 Å². The zero-order valence-corrected chi connectivity index (χ0v) is 19.1. The highest BCUT2D eigenvalue weighted by molar-refractivity contribution is 7.98. The van der Waals surface area contributed by atoms with Gasteiger partial charge in [-0.25, -0.2) is 0 Å². The van der Waals surface area contributed by atoms with Crippen LogP contribution in [0, 0.1) is 0 Å². The van der Waals surface area contributed by atoms with Crippen molar-refractivity contribution >= 4 is 17.7 Å². The maximum Gasteiger partial charge on any atom is 0.217 e. The van der Waals surface area contributed by atoms with Crippen molar-refractivity contribution < 1.29 is 19.4 Å². The van der Waals surface area contributed by atoms with Crippen LogP contribution in [0.25, 0.3) is 11.1 Å². The number of phenols is 1. The summed E-state index contributed by atoms with van der Waals surface area (Å²) in [6.45, 7) is 5.46. The molecular formula is C23H29NO5S. The smallest absolute Gasteiger partial charge is 0.217 e. The number of carbonyl (C=O) groups is 1. The van der Waals surface area contributed by atoms with Gasteiger partial charge in [0.15, 0.2) is 16.9 Å². The number of phenolic OH excluding ortho intramolecular Hbond substituents is 1. The number of aromatic hydroxyl groups is 1. The molecule has 1 aliphatic rings. The SMILES string of the molecule is CC.COc1c(O)cc2c(c1OC)-c1ccc(SC)c(=O)cc1[C@@H](NC(C)=O)CC2. The second kappa shape index (κ2) is 10.4. The Hall–Kier alpha value is -2.67. The quantitative estimate of drug-likeness (QED) is 0.702. The Labute approximate surface area is 181 Å². The summed E-state index contributed by atoms with van der Waals surface area (Å²) in [5.41, 5.74) is 3.04. The van der Waals surface area contributed by atoms with Gasteiger partial charge in [0.05, 0.1) is 25.2 Å². The first-order valence-corrected chi connectivity index (χ1v) is 11.1. The van der Waals surface area contributed by atoms with Gasteiger partial charge in [-0.15, -0.1) is 11.8 Å². The van der Waals surface area contributed by atoms with Crippen molar-refractivity contribution in [2.75, 3.05) is 20.5 Å². The molecule has 6 nitrogen and oxygen atoms in total. The predicted octanol–water partition coefficient (Wildman–Crippen LogP) is 4.31. The Bertz CT molecular complexity index is 990. The molecule has 0 aromatic heterocycles. The zero-order chi connectivity index (χ0) is 22.4. The van der Waals surface area contributed by atoms with Crippen LogP contribution in [0.2, 0.25) is 0 Å². The highest BCUT2D eigenvalue weighted by Crippen LogP contribution is 2.49. The molecule has 7 heteroatoms. The van der Waals surface area contributed by atoms with Crippen molar-refractivity contribution in [2.24, 2.45) is 0 Å². The van der Waals surface area contributed by atoms with Crippen LogP contribution >= 0.6 is 11.8 Å². The Morgan fingerprint density at radius 1 is 1.17 bits per heavy atom. The molecule has 1 atom stereocenters. The molecule has 162 valence electrons. The molecule has 1 amide bonds. The summed E-state index contributed by atoms with van der Waals surface area (Å²) < 4.78 is 11.0. The zero-order valence-electron chi connectivity index (χ0n) is 18.3. The third-order valence-electron chi connectivity index (χ3n) is 4.89. The highest BCUT2D eigenvalue weighted by Gasteiger charge is 2.28. The fourth-order valence-electron chi connectivity index (χ4n) is 3.73. The number of benzene rings is 1. The summed E-state index contributed by atoms with van der Waals surface area (Å²) in [4.78, 5) is 25.1. The number of methoxy groups -OCH3 is 2. The minimum Gasteiger partial charge on any atom is -0.504 e. The lowest BCUT2D eigenvalue weighted by molar-refractivity contribution is -0.119. The Morgan fingerprint density at radius 2 is 1.83 bits per heavy atom. The number of aryl methyl sites for hydroxylation is 1. The molecule has 0 bridgehead atoms. The van der Waals surface area contributed by atoms with Crippen LogP contribution in [0.5, 0.6) is 17.2 Å². The molecular weight excluding hydrogens is 402 g/mol. The van der Waals surface area contributed by atoms with Crippen molar-refractivity contribution in [2.45, 2.75) is 44.6 Å². The van der Waals surface area contributed by atoms with Crippen LogP contribution in [0.3, 0.4) is 0 Å². The first-order chi connectivity index (χ1) is 14.4. The van der Waals surface area contributed by atoms with Gasteiger partial charge in [-0.3, -0.25) is 9.59 Å². The molecule has 0 unspecified atom stereocenters. The van der Waals surface area contributed by atoms with E-state index in [1.165, 1.54) is 32.9 Å². The second-order valence-corrected chi connectivity index (χ2v) is 7.42. The molecule has 0 spiro atoms. The van der Waals surface area contributed by atoms with Crippen LogP contribution in [0.4, 0.5) is 0 Å². The molecule has 2 aromatic carbocycles. The summed E-state index contributed by atoms with van der Waals surface area (Å²) in [5.74, 6) is 0.473. The third kappa shape index (κ3) is 4.56. The van der Waals surface area contributed by atoms with Crippen LogP contribution < -0.4 is 20.2 Å². The fraction of sp³-hybridized carbons (Fsp3) is 0.391. The normalized spacial score (nSPS) is 14.3. The molecule has 30 heavy (non-hydrogen) atoms. The summed E-state index contributed by atoms with van der Waals surface area (Å²) in [5, 5.41) is 13.3. The first-order valence-electron chi connectivity index (χ1n) is 9.87. The number of carbonyl (C=O) groups excluding carboxylic acids is 1. The van der Waals surface area contributed by atoms with Gasteiger partial charge in [-0.1, -0.05) is 19.9 Å². The second-order valence-electron chi connectivity index (χ2n) is 6.57. The highest BCUT2D eigenvalue weighted by atomic mass is 32.2. The molecule has 0 fully saturated rings. The molecule has 0 radical (unpaired) electrons. The Morgan fingerprint density at radius 3 is 2.40 bits per heavy atom. The standard InChI is InChI=1S/C21H23NO5S.C2H6/c1-11(23)22-15-7-5-12-9-17(25)20(26-2)21(27-3)19(12)13-6-8-18(28-4)16(24)10-14(13)15;1-2/h6,8-10,15,25H,5,7H2,1-4H3,(H,22,23);1-2H3/t15-;/m0./s1. The van der Waals surface area contributed by atoms with E-state index >= 15 is 0 Å². The molecule has 3 rings (SSSR count). The summed E-state index contributed by atoms with van der Waals surface area (Å²) >= 11 is 1.37. The molecule has 0 saturated heterocycles. The van der Waals surface area contributed by atoms with Gasteiger partial charge in [-0.2, -0.15) is 0 Å². The van der Waals surface area contributed by atoms with E-state index in [0.717, 1.165) is 22.3 Å².